The average Bonchev–Trinajstić information content (AvgIpc) is 2.90. The quantitative estimate of drug-likeness (QED) is 0.878. The monoisotopic (exact) mass is 327 g/mol. The summed E-state index contributed by atoms with van der Waals surface area (Å²) in [4.78, 5) is 13.3. The number of amides is 1. The molecular weight excluding hydrogens is 302 g/mol. The largest absolute Gasteiger partial charge is 0.454 e. The van der Waals surface area contributed by atoms with Crippen LogP contribution in [0.1, 0.15) is 52.4 Å². The first-order valence-corrected chi connectivity index (χ1v) is 9.08. The van der Waals surface area contributed by atoms with E-state index in [1.54, 1.807) is 0 Å². The summed E-state index contributed by atoms with van der Waals surface area (Å²) in [7, 11) is 0. The van der Waals surface area contributed by atoms with Crippen molar-refractivity contribution in [2.45, 2.75) is 52.4 Å². The second kappa shape index (κ2) is 4.47. The Kier molecular flexibility index (Phi) is 2.72. The standard InChI is InChI=1S/C20H25NO3/c1-18-6-13-7-19(2,9-18)11-20(8-13,10-18)17(22)21-14-3-4-15-16(5-14)24-12-23-15/h3-5,13H,6-12H2,1-2H3,(H,21,22)/t13?,18-,19+,20?. The fourth-order valence-electron chi connectivity index (χ4n) is 6.94. The lowest BCUT2D eigenvalue weighted by atomic mass is 9.40. The lowest BCUT2D eigenvalue weighted by molar-refractivity contribution is -0.165. The molecule has 1 aromatic carbocycles. The number of ether oxygens (including phenoxy) is 2. The van der Waals surface area contributed by atoms with E-state index in [1.165, 1.54) is 19.3 Å². The van der Waals surface area contributed by atoms with E-state index in [0.29, 0.717) is 10.8 Å². The number of benzene rings is 1. The van der Waals surface area contributed by atoms with E-state index in [-0.39, 0.29) is 18.1 Å². The van der Waals surface area contributed by atoms with Gasteiger partial charge in [0.05, 0.1) is 5.41 Å². The van der Waals surface area contributed by atoms with Crippen LogP contribution in [0.3, 0.4) is 0 Å². The Morgan fingerprint density at radius 3 is 2.46 bits per heavy atom. The summed E-state index contributed by atoms with van der Waals surface area (Å²) in [6.45, 7) is 5.06. The number of carbonyl (C=O) groups excluding carboxylic acids is 1. The molecule has 1 aromatic rings. The number of rotatable bonds is 2. The summed E-state index contributed by atoms with van der Waals surface area (Å²) < 4.78 is 10.8. The Morgan fingerprint density at radius 2 is 1.75 bits per heavy atom. The van der Waals surface area contributed by atoms with E-state index < -0.39 is 0 Å². The zero-order valence-corrected chi connectivity index (χ0v) is 14.5. The Labute approximate surface area is 142 Å². The van der Waals surface area contributed by atoms with Gasteiger partial charge < -0.3 is 14.8 Å². The number of carbonyl (C=O) groups is 1. The topological polar surface area (TPSA) is 47.6 Å². The van der Waals surface area contributed by atoms with Crippen LogP contribution in [-0.2, 0) is 4.79 Å². The van der Waals surface area contributed by atoms with Crippen molar-refractivity contribution in [1.82, 2.24) is 0 Å². The maximum absolute atomic E-state index is 13.3. The third-order valence-electron chi connectivity index (χ3n) is 6.74. The molecule has 4 bridgehead atoms. The summed E-state index contributed by atoms with van der Waals surface area (Å²) in [5, 5.41) is 3.19. The minimum Gasteiger partial charge on any atom is -0.454 e. The van der Waals surface area contributed by atoms with Gasteiger partial charge in [-0.2, -0.15) is 0 Å². The highest BCUT2D eigenvalue weighted by molar-refractivity contribution is 5.96. The molecule has 6 rings (SSSR count). The minimum absolute atomic E-state index is 0.181. The molecule has 2 unspecified atom stereocenters. The van der Waals surface area contributed by atoms with Crippen molar-refractivity contribution in [3.8, 4) is 11.5 Å². The fourth-order valence-corrected chi connectivity index (χ4v) is 6.94. The summed E-state index contributed by atoms with van der Waals surface area (Å²) in [5.74, 6) is 2.40. The van der Waals surface area contributed by atoms with Gasteiger partial charge in [0.2, 0.25) is 12.7 Å². The van der Waals surface area contributed by atoms with Crippen LogP contribution in [0.25, 0.3) is 0 Å². The Hall–Kier alpha value is -1.71. The zero-order chi connectivity index (χ0) is 16.6. The SMILES string of the molecule is C[C@]12CC3CC(C(=O)Nc4ccc5c(c4)OCO5)(C1)C[C@@](C)(C3)C2. The molecule has 1 amide bonds. The van der Waals surface area contributed by atoms with Crippen molar-refractivity contribution in [2.24, 2.45) is 22.2 Å². The van der Waals surface area contributed by atoms with Gasteiger partial charge in [0.25, 0.3) is 0 Å². The highest BCUT2D eigenvalue weighted by Gasteiger charge is 2.62. The molecule has 4 heteroatoms. The van der Waals surface area contributed by atoms with Crippen molar-refractivity contribution in [3.63, 3.8) is 0 Å². The van der Waals surface area contributed by atoms with Crippen molar-refractivity contribution < 1.29 is 14.3 Å². The highest BCUT2D eigenvalue weighted by Crippen LogP contribution is 2.69. The highest BCUT2D eigenvalue weighted by atomic mass is 16.7. The third kappa shape index (κ3) is 2.08. The Balaban J connectivity index is 1.43. The van der Waals surface area contributed by atoms with E-state index in [9.17, 15) is 4.79 Å². The number of nitrogens with one attached hydrogen (secondary N) is 1. The van der Waals surface area contributed by atoms with Gasteiger partial charge in [0.15, 0.2) is 11.5 Å². The summed E-state index contributed by atoms with van der Waals surface area (Å²) in [6.07, 6.45) is 7.05. The first kappa shape index (κ1) is 14.6. The summed E-state index contributed by atoms with van der Waals surface area (Å²) in [5.41, 5.74) is 1.33. The van der Waals surface area contributed by atoms with Crippen molar-refractivity contribution in [2.75, 3.05) is 12.1 Å². The summed E-state index contributed by atoms with van der Waals surface area (Å²) >= 11 is 0. The molecule has 4 nitrogen and oxygen atoms in total. The molecule has 4 fully saturated rings. The minimum atomic E-state index is -0.181. The van der Waals surface area contributed by atoms with Crippen LogP contribution >= 0.6 is 0 Å². The first-order valence-electron chi connectivity index (χ1n) is 9.08. The van der Waals surface area contributed by atoms with Gasteiger partial charge in [-0.05, 0) is 67.4 Å². The molecule has 4 saturated carbocycles. The molecule has 0 spiro atoms. The van der Waals surface area contributed by atoms with Crippen LogP contribution in [0.2, 0.25) is 0 Å². The van der Waals surface area contributed by atoms with Gasteiger partial charge in [-0.3, -0.25) is 4.79 Å². The molecule has 0 aromatic heterocycles. The Bertz CT molecular complexity index is 710. The first-order chi connectivity index (χ1) is 11.4. The van der Waals surface area contributed by atoms with Gasteiger partial charge in [0, 0.05) is 11.8 Å². The number of hydrogen-bond donors (Lipinski definition) is 1. The molecular formula is C20H25NO3. The molecule has 0 saturated heterocycles. The van der Waals surface area contributed by atoms with Gasteiger partial charge >= 0.3 is 0 Å². The number of anilines is 1. The molecule has 5 aliphatic rings. The number of hydrogen-bond acceptors (Lipinski definition) is 3. The van der Waals surface area contributed by atoms with Crippen LogP contribution in [0, 0.1) is 22.2 Å². The van der Waals surface area contributed by atoms with Crippen molar-refractivity contribution in [1.29, 1.82) is 0 Å². The zero-order valence-electron chi connectivity index (χ0n) is 14.5. The van der Waals surface area contributed by atoms with Gasteiger partial charge in [-0.15, -0.1) is 0 Å². The van der Waals surface area contributed by atoms with Crippen LogP contribution in [-0.4, -0.2) is 12.7 Å². The van der Waals surface area contributed by atoms with Gasteiger partial charge in [-0.25, -0.2) is 0 Å². The van der Waals surface area contributed by atoms with E-state index >= 15 is 0 Å². The second-order valence-electron chi connectivity index (χ2n) is 9.43. The molecule has 4 aliphatic carbocycles. The van der Waals surface area contributed by atoms with E-state index in [4.69, 9.17) is 9.47 Å². The average molecular weight is 327 g/mol. The van der Waals surface area contributed by atoms with E-state index in [2.05, 4.69) is 19.2 Å². The smallest absolute Gasteiger partial charge is 0.231 e. The van der Waals surface area contributed by atoms with Crippen molar-refractivity contribution >= 4 is 11.6 Å². The lowest BCUT2D eigenvalue weighted by Crippen LogP contribution is -2.58. The van der Waals surface area contributed by atoms with E-state index in [1.807, 2.05) is 18.2 Å². The van der Waals surface area contributed by atoms with Crippen molar-refractivity contribution in [3.05, 3.63) is 18.2 Å². The maximum Gasteiger partial charge on any atom is 0.231 e. The predicted octanol–water partition coefficient (Wildman–Crippen LogP) is 4.35. The second-order valence-corrected chi connectivity index (χ2v) is 9.43. The molecule has 1 aliphatic heterocycles. The lowest BCUT2D eigenvalue weighted by Gasteiger charge is -2.64. The van der Waals surface area contributed by atoms with Gasteiger partial charge in [-0.1, -0.05) is 13.8 Å². The van der Waals surface area contributed by atoms with Crippen LogP contribution in [0.5, 0.6) is 11.5 Å². The fraction of sp³-hybridized carbons (Fsp3) is 0.650. The maximum atomic E-state index is 13.3. The number of fused-ring (bicyclic) bond motifs is 1. The van der Waals surface area contributed by atoms with Gasteiger partial charge in [0.1, 0.15) is 0 Å². The predicted molar refractivity (Wildman–Crippen MR) is 91.0 cm³/mol. The molecule has 128 valence electrons. The summed E-state index contributed by atoms with van der Waals surface area (Å²) in [6, 6.07) is 5.67. The van der Waals surface area contributed by atoms with Crippen LogP contribution in [0.4, 0.5) is 5.69 Å². The third-order valence-corrected chi connectivity index (χ3v) is 6.74. The molecule has 1 N–H and O–H groups in total. The molecule has 24 heavy (non-hydrogen) atoms. The van der Waals surface area contributed by atoms with Crippen LogP contribution in [0.15, 0.2) is 18.2 Å². The van der Waals surface area contributed by atoms with E-state index in [0.717, 1.165) is 42.4 Å². The molecule has 1 heterocycles. The Morgan fingerprint density at radius 1 is 1.04 bits per heavy atom. The normalized spacial score (nSPS) is 41.5. The molecule has 0 radical (unpaired) electrons. The molecule has 4 atom stereocenters. The van der Waals surface area contributed by atoms with Crippen LogP contribution < -0.4 is 14.8 Å².